The number of H-pyrrole nitrogens is 2. The normalized spacial score (nSPS) is 15.7. The molecule has 7 heteroatoms. The van der Waals surface area contributed by atoms with E-state index >= 15 is 0 Å². The number of amides is 1. The van der Waals surface area contributed by atoms with E-state index in [4.69, 9.17) is 17.0 Å². The van der Waals surface area contributed by atoms with Crippen molar-refractivity contribution < 1.29 is 13.9 Å². The first kappa shape index (κ1) is 17.1. The number of nitrogens with one attached hydrogen (secondary N) is 3. The predicted molar refractivity (Wildman–Crippen MR) is 93.2 cm³/mol. The smallest absolute Gasteiger partial charge is 0.253 e. The summed E-state index contributed by atoms with van der Waals surface area (Å²) in [6.07, 6.45) is 7.19. The second-order valence-corrected chi connectivity index (χ2v) is 6.60. The second kappa shape index (κ2) is 7.90. The highest BCUT2D eigenvalue weighted by molar-refractivity contribution is 7.71. The van der Waals surface area contributed by atoms with Gasteiger partial charge in [0.05, 0.1) is 22.7 Å². The lowest BCUT2D eigenvalue weighted by Crippen LogP contribution is -2.26. The van der Waals surface area contributed by atoms with Crippen LogP contribution < -0.4 is 5.32 Å². The number of ether oxygens (including phenoxy) is 1. The first-order valence-corrected chi connectivity index (χ1v) is 8.85. The van der Waals surface area contributed by atoms with Gasteiger partial charge in [-0.05, 0) is 43.6 Å². The lowest BCUT2D eigenvalue weighted by molar-refractivity contribution is 0.0273. The van der Waals surface area contributed by atoms with E-state index in [1.54, 1.807) is 0 Å². The molecule has 1 aromatic heterocycles. The molecule has 0 atom stereocenters. The van der Waals surface area contributed by atoms with Crippen molar-refractivity contribution >= 4 is 29.2 Å². The van der Waals surface area contributed by atoms with Crippen LogP contribution in [0.15, 0.2) is 12.1 Å². The van der Waals surface area contributed by atoms with E-state index in [0.29, 0.717) is 35.1 Å². The van der Waals surface area contributed by atoms with Crippen molar-refractivity contribution in [3.63, 3.8) is 0 Å². The van der Waals surface area contributed by atoms with Crippen LogP contribution in [-0.2, 0) is 4.74 Å². The summed E-state index contributed by atoms with van der Waals surface area (Å²) in [6, 6.07) is 2.53. The number of rotatable bonds is 6. The van der Waals surface area contributed by atoms with Gasteiger partial charge in [0, 0.05) is 13.2 Å². The molecule has 1 saturated carbocycles. The molecule has 3 N–H and O–H groups in total. The van der Waals surface area contributed by atoms with Crippen LogP contribution in [0.25, 0.3) is 11.0 Å². The highest BCUT2D eigenvalue weighted by Gasteiger charge is 2.15. The average Bonchev–Trinajstić information content (AvgIpc) is 2.94. The Bertz CT molecular complexity index is 765. The highest BCUT2D eigenvalue weighted by Crippen LogP contribution is 2.20. The molecule has 130 valence electrons. The molecule has 5 nitrogen and oxygen atoms in total. The number of hydrogen-bond acceptors (Lipinski definition) is 3. The SMILES string of the molecule is O=C(NCCCOC1CCCCC1)c1cc(F)cc2[nH]c(=S)[nH]c12. The van der Waals surface area contributed by atoms with Gasteiger partial charge in [0.15, 0.2) is 4.77 Å². The molecule has 1 fully saturated rings. The summed E-state index contributed by atoms with van der Waals surface area (Å²) in [5.41, 5.74) is 1.27. The summed E-state index contributed by atoms with van der Waals surface area (Å²) >= 11 is 5.00. The van der Waals surface area contributed by atoms with E-state index in [9.17, 15) is 9.18 Å². The van der Waals surface area contributed by atoms with Crippen LogP contribution in [0.1, 0.15) is 48.9 Å². The van der Waals surface area contributed by atoms with Gasteiger partial charge in [-0.3, -0.25) is 4.79 Å². The molecule has 0 bridgehead atoms. The van der Waals surface area contributed by atoms with Crippen molar-refractivity contribution in [3.05, 3.63) is 28.3 Å². The molecular formula is C17H22FN3O2S. The minimum absolute atomic E-state index is 0.255. The van der Waals surface area contributed by atoms with Gasteiger partial charge >= 0.3 is 0 Å². The highest BCUT2D eigenvalue weighted by atomic mass is 32.1. The Kier molecular flexibility index (Phi) is 5.63. The number of hydrogen-bond donors (Lipinski definition) is 3. The zero-order valence-electron chi connectivity index (χ0n) is 13.5. The summed E-state index contributed by atoms with van der Waals surface area (Å²) in [5, 5.41) is 2.81. The fraction of sp³-hybridized carbons (Fsp3) is 0.529. The van der Waals surface area contributed by atoms with Gasteiger partial charge in [-0.15, -0.1) is 0 Å². The van der Waals surface area contributed by atoms with Crippen LogP contribution in [0, 0.1) is 10.6 Å². The number of benzene rings is 1. The molecule has 1 amide bonds. The number of aromatic amines is 2. The van der Waals surface area contributed by atoms with Crippen molar-refractivity contribution in [2.75, 3.05) is 13.2 Å². The zero-order valence-corrected chi connectivity index (χ0v) is 14.3. The van der Waals surface area contributed by atoms with Crippen molar-refractivity contribution in [1.82, 2.24) is 15.3 Å². The second-order valence-electron chi connectivity index (χ2n) is 6.20. The molecule has 1 aromatic carbocycles. The molecule has 0 unspecified atom stereocenters. The maximum absolute atomic E-state index is 13.6. The monoisotopic (exact) mass is 351 g/mol. The van der Waals surface area contributed by atoms with Crippen LogP contribution in [0.5, 0.6) is 0 Å². The van der Waals surface area contributed by atoms with Gasteiger partial charge in [-0.2, -0.15) is 0 Å². The summed E-state index contributed by atoms with van der Waals surface area (Å²) in [5.74, 6) is -0.791. The number of halogens is 1. The first-order valence-electron chi connectivity index (χ1n) is 8.45. The van der Waals surface area contributed by atoms with E-state index in [0.717, 1.165) is 19.3 Å². The van der Waals surface area contributed by atoms with E-state index in [2.05, 4.69) is 15.3 Å². The molecular weight excluding hydrogens is 329 g/mol. The third kappa shape index (κ3) is 4.21. The van der Waals surface area contributed by atoms with Gasteiger partial charge in [0.1, 0.15) is 5.82 Å². The molecule has 0 spiro atoms. The lowest BCUT2D eigenvalue weighted by Gasteiger charge is -2.21. The number of fused-ring (bicyclic) bond motifs is 1. The molecule has 24 heavy (non-hydrogen) atoms. The van der Waals surface area contributed by atoms with Gasteiger partial charge < -0.3 is 20.0 Å². The van der Waals surface area contributed by atoms with Gasteiger partial charge in [-0.1, -0.05) is 19.3 Å². The van der Waals surface area contributed by atoms with Crippen molar-refractivity contribution in [2.24, 2.45) is 0 Å². The molecule has 0 saturated heterocycles. The lowest BCUT2D eigenvalue weighted by atomic mass is 9.98. The summed E-state index contributed by atoms with van der Waals surface area (Å²) < 4.78 is 19.8. The molecule has 3 rings (SSSR count). The molecule has 1 heterocycles. The third-order valence-corrected chi connectivity index (χ3v) is 4.55. The summed E-state index contributed by atoms with van der Waals surface area (Å²) in [4.78, 5) is 18.0. The Morgan fingerprint density at radius 1 is 1.29 bits per heavy atom. The number of carbonyl (C=O) groups is 1. The van der Waals surface area contributed by atoms with Crippen LogP contribution in [0.2, 0.25) is 0 Å². The summed E-state index contributed by atoms with van der Waals surface area (Å²) in [6.45, 7) is 1.13. The Hall–Kier alpha value is -1.73. The Labute approximate surface area is 145 Å². The Balaban J connectivity index is 1.51. The van der Waals surface area contributed by atoms with Crippen molar-refractivity contribution in [3.8, 4) is 0 Å². The summed E-state index contributed by atoms with van der Waals surface area (Å²) in [7, 11) is 0. The van der Waals surface area contributed by atoms with E-state index in [-0.39, 0.29) is 11.5 Å². The largest absolute Gasteiger partial charge is 0.378 e. The van der Waals surface area contributed by atoms with Crippen LogP contribution in [0.3, 0.4) is 0 Å². The number of imidazole rings is 1. The fourth-order valence-corrected chi connectivity index (χ4v) is 3.35. The van der Waals surface area contributed by atoms with E-state index in [1.807, 2.05) is 0 Å². The van der Waals surface area contributed by atoms with E-state index in [1.165, 1.54) is 31.4 Å². The molecule has 0 aliphatic heterocycles. The van der Waals surface area contributed by atoms with Gasteiger partial charge in [0.25, 0.3) is 5.91 Å². The minimum atomic E-state index is -0.474. The predicted octanol–water partition coefficient (Wildman–Crippen LogP) is 3.83. The molecule has 1 aliphatic rings. The first-order chi connectivity index (χ1) is 11.6. The molecule has 2 aromatic rings. The maximum atomic E-state index is 13.6. The fourth-order valence-electron chi connectivity index (χ4n) is 3.14. The minimum Gasteiger partial charge on any atom is -0.378 e. The number of carbonyl (C=O) groups excluding carboxylic acids is 1. The molecule has 0 radical (unpaired) electrons. The number of aromatic nitrogens is 2. The average molecular weight is 351 g/mol. The standard InChI is InChI=1S/C17H22FN3O2S/c18-11-9-13(15-14(10-11)20-17(24)21-15)16(22)19-7-4-8-23-12-5-2-1-3-6-12/h9-10,12H,1-8H2,(H,19,22)(H2,20,21,24). The van der Waals surface area contributed by atoms with Crippen LogP contribution >= 0.6 is 12.2 Å². The third-order valence-electron chi connectivity index (χ3n) is 4.35. The quantitative estimate of drug-likeness (QED) is 0.547. The Morgan fingerprint density at radius 2 is 2.08 bits per heavy atom. The van der Waals surface area contributed by atoms with E-state index < -0.39 is 5.82 Å². The van der Waals surface area contributed by atoms with Gasteiger partial charge in [0.2, 0.25) is 0 Å². The molecule has 1 aliphatic carbocycles. The zero-order chi connectivity index (χ0) is 16.9. The Morgan fingerprint density at radius 3 is 2.88 bits per heavy atom. The van der Waals surface area contributed by atoms with Gasteiger partial charge in [-0.25, -0.2) is 4.39 Å². The van der Waals surface area contributed by atoms with Crippen LogP contribution in [0.4, 0.5) is 4.39 Å². The topological polar surface area (TPSA) is 69.9 Å². The van der Waals surface area contributed by atoms with Crippen molar-refractivity contribution in [1.29, 1.82) is 0 Å². The maximum Gasteiger partial charge on any atom is 0.253 e. The van der Waals surface area contributed by atoms with Crippen LogP contribution in [-0.4, -0.2) is 35.1 Å². The van der Waals surface area contributed by atoms with Crippen molar-refractivity contribution in [2.45, 2.75) is 44.6 Å².